The van der Waals surface area contributed by atoms with Gasteiger partial charge in [-0.3, -0.25) is 0 Å². The van der Waals surface area contributed by atoms with Crippen molar-refractivity contribution in [3.8, 4) is 22.3 Å². The van der Waals surface area contributed by atoms with E-state index in [1.54, 1.807) is 27.5 Å². The Morgan fingerprint density at radius 2 is 1.41 bits per heavy atom. The van der Waals surface area contributed by atoms with E-state index >= 15 is 0 Å². The zero-order valence-corrected chi connectivity index (χ0v) is 27.1. The van der Waals surface area contributed by atoms with Crippen molar-refractivity contribution in [2.45, 2.75) is 43.7 Å². The monoisotopic (exact) mass is 615 g/mol. The smallest absolute Gasteiger partial charge is 1.00 e. The van der Waals surface area contributed by atoms with Crippen molar-refractivity contribution in [3.63, 3.8) is 0 Å². The van der Waals surface area contributed by atoms with Gasteiger partial charge in [-0.15, -0.1) is 0 Å². The summed E-state index contributed by atoms with van der Waals surface area (Å²) in [5.41, 5.74) is 13.8. The zero-order chi connectivity index (χ0) is 24.1. The number of fused-ring (bicyclic) bond motifs is 4. The van der Waals surface area contributed by atoms with Crippen LogP contribution in [0, 0.1) is 6.92 Å². The van der Waals surface area contributed by atoms with Crippen molar-refractivity contribution < 1.29 is 45.7 Å². The third-order valence-corrected chi connectivity index (χ3v) is 31.0. The van der Waals surface area contributed by atoms with Crippen LogP contribution in [0.3, 0.4) is 0 Å². The molecule has 4 aromatic carbocycles. The predicted octanol–water partition coefficient (Wildman–Crippen LogP) is 0.201. The third-order valence-electron chi connectivity index (χ3n) is 8.53. The minimum absolute atomic E-state index is 0. The van der Waals surface area contributed by atoms with Crippen LogP contribution in [0.1, 0.15) is 53.6 Å². The fourth-order valence-corrected chi connectivity index (χ4v) is 33.4. The molecule has 4 heteroatoms. The van der Waals surface area contributed by atoms with Crippen molar-refractivity contribution in [1.82, 2.24) is 0 Å². The number of aryl methyl sites for hydroxylation is 1. The maximum atomic E-state index is 2.58. The van der Waals surface area contributed by atoms with Gasteiger partial charge in [0.2, 0.25) is 0 Å². The van der Waals surface area contributed by atoms with E-state index in [1.165, 1.54) is 27.8 Å². The van der Waals surface area contributed by atoms with Gasteiger partial charge in [-0.25, -0.2) is 0 Å². The molecule has 0 radical (unpaired) electrons. The van der Waals surface area contributed by atoms with Gasteiger partial charge in [0.15, 0.2) is 0 Å². The van der Waals surface area contributed by atoms with Crippen LogP contribution in [-0.2, 0) is 26.3 Å². The normalized spacial score (nSPS) is 18.1. The van der Waals surface area contributed by atoms with Crippen molar-refractivity contribution in [2.75, 3.05) is 0 Å². The average Bonchev–Trinajstić information content (AvgIpc) is 3.32. The summed E-state index contributed by atoms with van der Waals surface area (Å²) in [4.78, 5) is 0. The third kappa shape index (κ3) is 3.78. The Morgan fingerprint density at radius 3 is 2.14 bits per heavy atom. The number of benzene rings is 4. The van der Waals surface area contributed by atoms with Crippen LogP contribution in [-0.4, -0.2) is 5.92 Å². The van der Waals surface area contributed by atoms with Gasteiger partial charge in [0.05, 0.1) is 0 Å². The molecule has 0 saturated carbocycles. The second-order valence-corrected chi connectivity index (χ2v) is 26.6. The summed E-state index contributed by atoms with van der Waals surface area (Å²) in [6.45, 7) is 11.8. The van der Waals surface area contributed by atoms with Crippen molar-refractivity contribution in [2.24, 2.45) is 0 Å². The first-order valence-electron chi connectivity index (χ1n) is 12.9. The van der Waals surface area contributed by atoms with Gasteiger partial charge in [-0.1, -0.05) is 0 Å². The molecule has 37 heavy (non-hydrogen) atoms. The summed E-state index contributed by atoms with van der Waals surface area (Å²) < 4.78 is 2.51. The number of hydrogen-bond acceptors (Lipinski definition) is 0. The Labute approximate surface area is 242 Å². The van der Waals surface area contributed by atoms with E-state index in [2.05, 4.69) is 120 Å². The van der Waals surface area contributed by atoms with Crippen molar-refractivity contribution >= 4 is 25.6 Å². The van der Waals surface area contributed by atoms with Crippen LogP contribution >= 0.6 is 0 Å². The van der Waals surface area contributed by atoms with Gasteiger partial charge in [-0.05, 0) is 0 Å². The van der Waals surface area contributed by atoms with Crippen LogP contribution in [0.25, 0.3) is 28.3 Å². The van der Waals surface area contributed by atoms with E-state index in [-0.39, 0.29) is 30.2 Å². The molecule has 2 atom stereocenters. The molecule has 7 rings (SSSR count). The molecule has 0 saturated heterocycles. The average molecular weight is 618 g/mol. The summed E-state index contributed by atoms with van der Waals surface area (Å²) in [5.74, 6) is -1.04. The van der Waals surface area contributed by atoms with E-state index < -0.39 is 26.8 Å². The van der Waals surface area contributed by atoms with Crippen LogP contribution in [0.5, 0.6) is 0 Å². The van der Waals surface area contributed by atoms with Gasteiger partial charge in [-0.2, -0.15) is 0 Å². The van der Waals surface area contributed by atoms with E-state index in [1.807, 2.05) is 8.46 Å². The first-order valence-corrected chi connectivity index (χ1v) is 21.5. The van der Waals surface area contributed by atoms with Gasteiger partial charge in [0, 0.05) is 0 Å². The Balaban J connectivity index is 0.00000140. The summed E-state index contributed by atoms with van der Waals surface area (Å²) in [5, 5.41) is 3.57. The van der Waals surface area contributed by atoms with Crippen LogP contribution in [0.2, 0.25) is 0 Å². The van der Waals surface area contributed by atoms with Gasteiger partial charge < -0.3 is 24.8 Å². The van der Waals surface area contributed by atoms with Gasteiger partial charge in [0.25, 0.3) is 0 Å². The fourth-order valence-electron chi connectivity index (χ4n) is 7.02. The largest absolute Gasteiger partial charge is 1.00 e. The molecule has 0 bridgehead atoms. The molecular weight excluding hydrogens is 587 g/mol. The molecule has 0 aromatic heterocycles. The van der Waals surface area contributed by atoms with Crippen LogP contribution in [0.15, 0.2) is 84.4 Å². The maximum Gasteiger partial charge on any atom is -1.00 e. The SMILES string of the molecule is CC1=Cc2c(ccc(C(C)(C)C)c2-c2ccccc2C)[CH]1[Zr+2]1[c]2cccc3c2[SiH]1c1ccccc1-3.[Cl-].[Cl-]. The molecule has 0 amide bonds. The molecule has 0 spiro atoms. The Hall–Kier alpha value is -1.70. The second kappa shape index (κ2) is 9.49. The van der Waals surface area contributed by atoms with E-state index in [4.69, 9.17) is 0 Å². The summed E-state index contributed by atoms with van der Waals surface area (Å²) in [6, 6.07) is 30.6. The minimum atomic E-state index is -1.91. The number of rotatable bonds is 2. The van der Waals surface area contributed by atoms with E-state index in [0.717, 1.165) is 0 Å². The summed E-state index contributed by atoms with van der Waals surface area (Å²) in [7, 11) is 0. The van der Waals surface area contributed by atoms with Crippen LogP contribution in [0.4, 0.5) is 0 Å². The quantitative estimate of drug-likeness (QED) is 0.282. The molecule has 0 N–H and O–H groups in total. The molecule has 3 aliphatic rings. The van der Waals surface area contributed by atoms with Crippen LogP contribution < -0.4 is 38.5 Å². The Kier molecular flexibility index (Phi) is 6.90. The van der Waals surface area contributed by atoms with E-state index in [0.29, 0.717) is 3.63 Å². The Bertz CT molecular complexity index is 1580. The molecule has 1 aliphatic carbocycles. The Morgan fingerprint density at radius 1 is 0.730 bits per heavy atom. The minimum Gasteiger partial charge on any atom is -1.00 e. The first-order chi connectivity index (χ1) is 16.9. The van der Waals surface area contributed by atoms with E-state index in [9.17, 15) is 0 Å². The van der Waals surface area contributed by atoms with Crippen molar-refractivity contribution in [1.29, 1.82) is 0 Å². The zero-order valence-electron chi connectivity index (χ0n) is 22.0. The number of halogens is 2. The van der Waals surface area contributed by atoms with Gasteiger partial charge >= 0.3 is 219 Å². The topological polar surface area (TPSA) is 0 Å². The molecule has 0 nitrogen and oxygen atoms in total. The molecule has 2 unspecified atom stereocenters. The standard InChI is InChI=1S/C21H23.C12H8Si.2ClH.Zr/c1-14-12-16-10-11-19(21(3,4)5)20(18(16)13-14)17-9-7-6-8-15(17)2;1-3-7-11-9(5-1)10-6-2-4-8-12(10)13-11;;;/h6-13H,1-5H3;1-7,13H;2*1H;/q;;;;+2/p-2. The molecular formula is C33H31Cl2SiZr. The molecule has 185 valence electrons. The summed E-state index contributed by atoms with van der Waals surface area (Å²) in [6.07, 6.45) is 2.58. The molecule has 0 fully saturated rings. The summed E-state index contributed by atoms with van der Waals surface area (Å²) >= 11 is -1.91. The maximum absolute atomic E-state index is 2.58. The predicted molar refractivity (Wildman–Crippen MR) is 150 cm³/mol. The van der Waals surface area contributed by atoms with Gasteiger partial charge in [0.1, 0.15) is 0 Å². The molecule has 2 heterocycles. The first kappa shape index (κ1) is 26.9. The second-order valence-electron chi connectivity index (χ2n) is 11.6. The molecule has 2 aliphatic heterocycles. The van der Waals surface area contributed by atoms with Crippen molar-refractivity contribution in [3.05, 3.63) is 107 Å². The fraction of sp³-hybridized carbons (Fsp3) is 0.212. The number of allylic oxidation sites excluding steroid dienone is 1. The number of hydrogen-bond donors (Lipinski definition) is 0. The molecule has 4 aromatic rings.